The van der Waals surface area contributed by atoms with Gasteiger partial charge < -0.3 is 17.3 Å². The maximum atomic E-state index is 9.75. The van der Waals surface area contributed by atoms with Crippen LogP contribution in [0.5, 0.6) is 0 Å². The summed E-state index contributed by atoms with van der Waals surface area (Å²) < 4.78 is 44.1. The van der Waals surface area contributed by atoms with Crippen LogP contribution in [0.25, 0.3) is 0 Å². The molecule has 1 saturated heterocycles. The van der Waals surface area contributed by atoms with Crippen LogP contribution in [0.3, 0.4) is 0 Å². The van der Waals surface area contributed by atoms with Crippen LogP contribution in [-0.2, 0) is 15.4 Å². The van der Waals surface area contributed by atoms with Crippen LogP contribution in [0.15, 0.2) is 0 Å². The summed E-state index contributed by atoms with van der Waals surface area (Å²) in [4.78, 5) is 0. The van der Waals surface area contributed by atoms with Crippen LogP contribution in [-0.4, -0.2) is 25.9 Å². The molecule has 0 bridgehead atoms. The zero-order valence-electron chi connectivity index (χ0n) is 7.82. The number of halogens is 4. The fourth-order valence-electron chi connectivity index (χ4n) is 0.947. The third-order valence-corrected chi connectivity index (χ3v) is 4.02. The van der Waals surface area contributed by atoms with E-state index in [9.17, 15) is 17.3 Å². The first-order valence-electron chi connectivity index (χ1n) is 3.73. The van der Waals surface area contributed by atoms with E-state index in [1.54, 1.807) is 7.11 Å². The minimum Gasteiger partial charge on any atom is -0.418 e. The van der Waals surface area contributed by atoms with E-state index in [4.69, 9.17) is 4.18 Å². The van der Waals surface area contributed by atoms with Gasteiger partial charge in [-0.05, 0) is 0 Å². The maximum absolute atomic E-state index is 9.75. The standard InChI is InChI=1S/C6H13OS.BF4/c1-6(2)4-8(5-6)7-3;2-1(3,4)5/h4-5H2,1-3H3;/q+1;-1. The normalized spacial score (nSPS) is 21.5. The van der Waals surface area contributed by atoms with Crippen molar-refractivity contribution >= 4 is 18.4 Å². The Morgan fingerprint density at radius 3 is 1.54 bits per heavy atom. The summed E-state index contributed by atoms with van der Waals surface area (Å²) >= 11 is 0.327. The van der Waals surface area contributed by atoms with Gasteiger partial charge in [-0.2, -0.15) is 4.18 Å². The predicted molar refractivity (Wildman–Crippen MR) is 48.1 cm³/mol. The third-order valence-electron chi connectivity index (χ3n) is 1.34. The SMILES string of the molecule is CO[S+]1CC(C)(C)C1.F[B-](F)(F)F. The fraction of sp³-hybridized carbons (Fsp3) is 1.00. The maximum Gasteiger partial charge on any atom is 0.673 e. The molecule has 0 aliphatic carbocycles. The van der Waals surface area contributed by atoms with Gasteiger partial charge in [0.25, 0.3) is 0 Å². The molecule has 1 aliphatic heterocycles. The van der Waals surface area contributed by atoms with Gasteiger partial charge in [-0.1, -0.05) is 13.8 Å². The third kappa shape index (κ3) is 8.43. The second-order valence-corrected chi connectivity index (χ2v) is 5.34. The van der Waals surface area contributed by atoms with Gasteiger partial charge in [0.05, 0.1) is 12.5 Å². The van der Waals surface area contributed by atoms with Crippen molar-refractivity contribution in [3.05, 3.63) is 0 Å². The smallest absolute Gasteiger partial charge is 0.418 e. The van der Waals surface area contributed by atoms with Crippen molar-refractivity contribution in [3.63, 3.8) is 0 Å². The number of hydrogen-bond acceptors (Lipinski definition) is 1. The minimum atomic E-state index is -6.00. The second-order valence-electron chi connectivity index (χ2n) is 3.55. The fourth-order valence-corrected chi connectivity index (χ4v) is 2.84. The molecule has 1 nitrogen and oxygen atoms in total. The van der Waals surface area contributed by atoms with E-state index in [-0.39, 0.29) is 0 Å². The van der Waals surface area contributed by atoms with Crippen molar-refractivity contribution in [2.45, 2.75) is 13.8 Å². The lowest BCUT2D eigenvalue weighted by Gasteiger charge is -2.29. The van der Waals surface area contributed by atoms with Gasteiger partial charge in [-0.3, -0.25) is 0 Å². The molecule has 0 unspecified atom stereocenters. The molecule has 0 aromatic carbocycles. The Bertz CT molecular complexity index is 147. The van der Waals surface area contributed by atoms with Crippen molar-refractivity contribution in [1.29, 1.82) is 0 Å². The topological polar surface area (TPSA) is 9.23 Å². The largest absolute Gasteiger partial charge is 0.673 e. The first-order valence-corrected chi connectivity index (χ1v) is 5.22. The lowest BCUT2D eigenvalue weighted by atomic mass is 9.99. The first-order chi connectivity index (χ1) is 5.64. The second kappa shape index (κ2) is 4.55. The van der Waals surface area contributed by atoms with Gasteiger partial charge in [0.15, 0.2) is 11.5 Å². The summed E-state index contributed by atoms with van der Waals surface area (Å²) in [7, 11) is -4.20. The van der Waals surface area contributed by atoms with Gasteiger partial charge in [0, 0.05) is 0 Å². The van der Waals surface area contributed by atoms with Gasteiger partial charge in [0.2, 0.25) is 0 Å². The molecule has 1 fully saturated rings. The van der Waals surface area contributed by atoms with Crippen LogP contribution >= 0.6 is 0 Å². The summed E-state index contributed by atoms with van der Waals surface area (Å²) in [6.07, 6.45) is 0. The molecule has 7 heteroatoms. The van der Waals surface area contributed by atoms with E-state index in [0.29, 0.717) is 16.6 Å². The van der Waals surface area contributed by atoms with Crippen molar-refractivity contribution in [1.82, 2.24) is 0 Å². The number of hydrogen-bond donors (Lipinski definition) is 0. The monoisotopic (exact) mass is 220 g/mol. The van der Waals surface area contributed by atoms with Gasteiger partial charge in [0.1, 0.15) is 11.2 Å². The van der Waals surface area contributed by atoms with Crippen molar-refractivity contribution in [2.75, 3.05) is 18.6 Å². The molecule has 0 radical (unpaired) electrons. The van der Waals surface area contributed by atoms with Crippen molar-refractivity contribution < 1.29 is 21.4 Å². The highest BCUT2D eigenvalue weighted by molar-refractivity contribution is 7.93. The summed E-state index contributed by atoms with van der Waals surface area (Å²) in [5, 5.41) is 0. The molecular formula is C6H13BF4OS. The molecule has 0 saturated carbocycles. The molecule has 0 aromatic rings. The highest BCUT2D eigenvalue weighted by atomic mass is 32.2. The zero-order chi connectivity index (χ0) is 10.7. The zero-order valence-corrected chi connectivity index (χ0v) is 8.64. The van der Waals surface area contributed by atoms with Crippen LogP contribution in [0.1, 0.15) is 13.8 Å². The molecule has 0 spiro atoms. The van der Waals surface area contributed by atoms with E-state index in [1.807, 2.05) is 0 Å². The Balaban J connectivity index is 0.000000252. The Hall–Kier alpha value is 0.0949. The van der Waals surface area contributed by atoms with Gasteiger partial charge in [-0.25, -0.2) is 0 Å². The van der Waals surface area contributed by atoms with E-state index in [1.165, 1.54) is 11.5 Å². The Morgan fingerprint density at radius 1 is 1.15 bits per heavy atom. The predicted octanol–water partition coefficient (Wildman–Crippen LogP) is 2.51. The molecule has 1 rings (SSSR count). The average Bonchev–Trinajstić information content (AvgIpc) is 1.78. The lowest BCUT2D eigenvalue weighted by Crippen LogP contribution is -2.44. The first kappa shape index (κ1) is 13.1. The molecule has 80 valence electrons. The van der Waals surface area contributed by atoms with E-state index >= 15 is 0 Å². The van der Waals surface area contributed by atoms with E-state index < -0.39 is 7.25 Å². The van der Waals surface area contributed by atoms with Crippen molar-refractivity contribution in [3.8, 4) is 0 Å². The molecule has 0 atom stereocenters. The summed E-state index contributed by atoms with van der Waals surface area (Å²) in [5.41, 5.74) is 0.582. The summed E-state index contributed by atoms with van der Waals surface area (Å²) in [6.45, 7) is 4.57. The molecular weight excluding hydrogens is 207 g/mol. The highest BCUT2D eigenvalue weighted by Crippen LogP contribution is 2.32. The van der Waals surface area contributed by atoms with Crippen LogP contribution in [0, 0.1) is 5.41 Å². The van der Waals surface area contributed by atoms with Crippen LogP contribution in [0.2, 0.25) is 0 Å². The Labute approximate surface area is 78.5 Å². The molecule has 1 aliphatic rings. The Kier molecular flexibility index (Phi) is 4.58. The summed E-state index contributed by atoms with van der Waals surface area (Å²) in [5.74, 6) is 2.53. The lowest BCUT2D eigenvalue weighted by molar-refractivity contribution is 0.368. The van der Waals surface area contributed by atoms with Crippen LogP contribution in [0.4, 0.5) is 17.3 Å². The highest BCUT2D eigenvalue weighted by Gasteiger charge is 2.47. The molecule has 0 N–H and O–H groups in total. The molecule has 0 aromatic heterocycles. The van der Waals surface area contributed by atoms with Gasteiger partial charge >= 0.3 is 7.25 Å². The quantitative estimate of drug-likeness (QED) is 0.374. The van der Waals surface area contributed by atoms with Gasteiger partial charge in [-0.15, -0.1) is 0 Å². The van der Waals surface area contributed by atoms with E-state index in [2.05, 4.69) is 13.8 Å². The van der Waals surface area contributed by atoms with E-state index in [0.717, 1.165) is 0 Å². The Morgan fingerprint density at radius 2 is 1.46 bits per heavy atom. The summed E-state index contributed by atoms with van der Waals surface area (Å²) in [6, 6.07) is 0. The average molecular weight is 220 g/mol. The molecule has 0 amide bonds. The molecule has 13 heavy (non-hydrogen) atoms. The van der Waals surface area contributed by atoms with Crippen molar-refractivity contribution in [2.24, 2.45) is 5.41 Å². The molecule has 1 heterocycles. The minimum absolute atomic E-state index is 0.327. The van der Waals surface area contributed by atoms with Crippen LogP contribution < -0.4 is 0 Å². The number of rotatable bonds is 1.